The van der Waals surface area contributed by atoms with Crippen LogP contribution in [0.3, 0.4) is 0 Å². The first-order chi connectivity index (χ1) is 10.2. The Hall–Kier alpha value is -2.49. The van der Waals surface area contributed by atoms with Gasteiger partial charge in [0, 0.05) is 11.8 Å². The number of para-hydroxylation sites is 1. The number of aliphatic imine (C=N–C) groups is 1. The van der Waals surface area contributed by atoms with Gasteiger partial charge >= 0.3 is 0 Å². The summed E-state index contributed by atoms with van der Waals surface area (Å²) in [7, 11) is 0. The van der Waals surface area contributed by atoms with Crippen LogP contribution in [0.15, 0.2) is 47.5 Å². The van der Waals surface area contributed by atoms with E-state index in [1.165, 1.54) is 0 Å². The maximum atomic E-state index is 9.72. The molecule has 1 heterocycles. The highest BCUT2D eigenvalue weighted by molar-refractivity contribution is 5.83. The fourth-order valence-electron chi connectivity index (χ4n) is 2.19. The van der Waals surface area contributed by atoms with Crippen molar-refractivity contribution in [3.8, 4) is 17.2 Å². The van der Waals surface area contributed by atoms with Gasteiger partial charge in [-0.3, -0.25) is 4.99 Å². The Labute approximate surface area is 123 Å². The van der Waals surface area contributed by atoms with E-state index in [0.29, 0.717) is 18.8 Å². The molecule has 2 aromatic carbocycles. The largest absolute Gasteiger partial charge is 0.507 e. The molecule has 0 bridgehead atoms. The molecule has 0 amide bonds. The molecule has 2 aromatic rings. The van der Waals surface area contributed by atoms with Gasteiger partial charge in [0.2, 0.25) is 0 Å². The summed E-state index contributed by atoms with van der Waals surface area (Å²) in [6, 6.07) is 13.0. The molecule has 1 N–H and O–H groups in total. The molecule has 108 valence electrons. The molecular formula is C17H17NO3. The van der Waals surface area contributed by atoms with Crippen LogP contribution in [0.4, 0.5) is 0 Å². The minimum Gasteiger partial charge on any atom is -0.507 e. The molecular weight excluding hydrogens is 266 g/mol. The van der Waals surface area contributed by atoms with Crippen molar-refractivity contribution in [2.24, 2.45) is 4.99 Å². The summed E-state index contributed by atoms with van der Waals surface area (Å²) >= 11 is 0. The molecule has 1 atom stereocenters. The minimum atomic E-state index is -0.0274. The van der Waals surface area contributed by atoms with Gasteiger partial charge < -0.3 is 14.6 Å². The van der Waals surface area contributed by atoms with Gasteiger partial charge in [-0.15, -0.1) is 0 Å². The Balaban J connectivity index is 1.79. The Morgan fingerprint density at radius 1 is 1.10 bits per heavy atom. The molecule has 0 saturated carbocycles. The number of fused-ring (bicyclic) bond motifs is 1. The van der Waals surface area contributed by atoms with Crippen LogP contribution in [0, 0.1) is 0 Å². The number of aromatic hydroxyl groups is 1. The molecule has 3 rings (SSSR count). The quantitative estimate of drug-likeness (QED) is 0.879. The predicted molar refractivity (Wildman–Crippen MR) is 81.5 cm³/mol. The lowest BCUT2D eigenvalue weighted by Crippen LogP contribution is -2.15. The van der Waals surface area contributed by atoms with Gasteiger partial charge in [0.05, 0.1) is 6.04 Å². The third kappa shape index (κ3) is 2.99. The molecule has 1 aliphatic rings. The highest BCUT2D eigenvalue weighted by Crippen LogP contribution is 2.33. The van der Waals surface area contributed by atoms with Gasteiger partial charge in [0.25, 0.3) is 0 Å². The molecule has 0 unspecified atom stereocenters. The number of hydrogen-bond acceptors (Lipinski definition) is 4. The average molecular weight is 283 g/mol. The molecule has 4 heteroatoms. The maximum Gasteiger partial charge on any atom is 0.161 e. The van der Waals surface area contributed by atoms with Gasteiger partial charge in [0.1, 0.15) is 19.0 Å². The lowest BCUT2D eigenvalue weighted by Gasteiger charge is -2.19. The van der Waals surface area contributed by atoms with E-state index in [0.717, 1.165) is 17.1 Å². The van der Waals surface area contributed by atoms with Crippen molar-refractivity contribution in [1.29, 1.82) is 0 Å². The molecule has 0 spiro atoms. The smallest absolute Gasteiger partial charge is 0.161 e. The molecule has 21 heavy (non-hydrogen) atoms. The van der Waals surface area contributed by atoms with Crippen molar-refractivity contribution < 1.29 is 14.6 Å². The number of ether oxygens (including phenoxy) is 2. The number of rotatable bonds is 3. The molecule has 0 radical (unpaired) electrons. The zero-order valence-corrected chi connectivity index (χ0v) is 11.8. The second-order valence-corrected chi connectivity index (χ2v) is 4.92. The average Bonchev–Trinajstić information content (AvgIpc) is 2.53. The molecule has 1 aliphatic heterocycles. The highest BCUT2D eigenvalue weighted by Gasteiger charge is 2.13. The molecule has 0 saturated heterocycles. The van der Waals surface area contributed by atoms with Gasteiger partial charge in [-0.2, -0.15) is 0 Å². The van der Waals surface area contributed by atoms with Gasteiger partial charge in [0.15, 0.2) is 11.5 Å². The number of phenols is 1. The summed E-state index contributed by atoms with van der Waals surface area (Å²) in [4.78, 5) is 4.49. The third-order valence-electron chi connectivity index (χ3n) is 3.42. The fourth-order valence-corrected chi connectivity index (χ4v) is 2.19. The van der Waals surface area contributed by atoms with Crippen molar-refractivity contribution in [1.82, 2.24) is 0 Å². The Kier molecular flexibility index (Phi) is 3.77. The summed E-state index contributed by atoms with van der Waals surface area (Å²) in [5.74, 6) is 1.78. The minimum absolute atomic E-state index is 0.0274. The van der Waals surface area contributed by atoms with E-state index >= 15 is 0 Å². The van der Waals surface area contributed by atoms with E-state index in [1.807, 2.05) is 37.3 Å². The Morgan fingerprint density at radius 2 is 1.86 bits per heavy atom. The van der Waals surface area contributed by atoms with Gasteiger partial charge in [-0.1, -0.05) is 18.2 Å². The zero-order chi connectivity index (χ0) is 14.7. The first-order valence-electron chi connectivity index (χ1n) is 6.95. The van der Waals surface area contributed by atoms with E-state index in [-0.39, 0.29) is 11.8 Å². The Morgan fingerprint density at radius 3 is 2.67 bits per heavy atom. The summed E-state index contributed by atoms with van der Waals surface area (Å²) < 4.78 is 11.1. The van der Waals surface area contributed by atoms with Crippen LogP contribution in [-0.2, 0) is 0 Å². The van der Waals surface area contributed by atoms with E-state index in [1.54, 1.807) is 18.3 Å². The first-order valence-corrected chi connectivity index (χ1v) is 6.95. The summed E-state index contributed by atoms with van der Waals surface area (Å²) in [6.45, 7) is 3.17. The van der Waals surface area contributed by atoms with Crippen LogP contribution in [0.2, 0.25) is 0 Å². The number of phenolic OH excluding ortho intramolecular Hbond substituents is 1. The van der Waals surface area contributed by atoms with E-state index in [4.69, 9.17) is 9.47 Å². The van der Waals surface area contributed by atoms with Crippen LogP contribution >= 0.6 is 0 Å². The molecule has 0 fully saturated rings. The summed E-state index contributed by atoms with van der Waals surface area (Å²) in [5.41, 5.74) is 1.76. The maximum absolute atomic E-state index is 9.72. The second-order valence-electron chi connectivity index (χ2n) is 4.92. The monoisotopic (exact) mass is 283 g/mol. The van der Waals surface area contributed by atoms with Crippen LogP contribution in [0.25, 0.3) is 0 Å². The van der Waals surface area contributed by atoms with Crippen LogP contribution in [0.1, 0.15) is 24.1 Å². The number of nitrogens with zero attached hydrogens (tertiary/aromatic N) is 1. The Bertz CT molecular complexity index is 667. The predicted octanol–water partition coefficient (Wildman–Crippen LogP) is 3.34. The second kappa shape index (κ2) is 5.87. The number of benzene rings is 2. The zero-order valence-electron chi connectivity index (χ0n) is 11.8. The molecule has 0 aromatic heterocycles. The van der Waals surface area contributed by atoms with Crippen molar-refractivity contribution >= 4 is 6.21 Å². The lowest BCUT2D eigenvalue weighted by molar-refractivity contribution is 0.171. The van der Waals surface area contributed by atoms with Crippen molar-refractivity contribution in [3.63, 3.8) is 0 Å². The standard InChI is InChI=1S/C17H17NO3/c1-12(18-11-14-4-2-3-5-15(14)19)13-6-7-16-17(10-13)21-9-8-20-16/h2-7,10-12,19H,8-9H2,1H3/t12-/m1/s1. The SMILES string of the molecule is C[C@@H](N=Cc1ccccc1O)c1ccc2c(c1)OCCO2. The first kappa shape index (κ1) is 13.5. The third-order valence-corrected chi connectivity index (χ3v) is 3.42. The van der Waals surface area contributed by atoms with Crippen molar-refractivity contribution in [2.45, 2.75) is 13.0 Å². The van der Waals surface area contributed by atoms with Crippen LogP contribution in [0.5, 0.6) is 17.2 Å². The van der Waals surface area contributed by atoms with Crippen molar-refractivity contribution in [3.05, 3.63) is 53.6 Å². The van der Waals surface area contributed by atoms with Gasteiger partial charge in [-0.25, -0.2) is 0 Å². The lowest BCUT2D eigenvalue weighted by atomic mass is 10.1. The topological polar surface area (TPSA) is 51.1 Å². The van der Waals surface area contributed by atoms with Gasteiger partial charge in [-0.05, 0) is 36.8 Å². The summed E-state index contributed by atoms with van der Waals surface area (Å²) in [5, 5.41) is 9.72. The van der Waals surface area contributed by atoms with E-state index < -0.39 is 0 Å². The molecule has 4 nitrogen and oxygen atoms in total. The van der Waals surface area contributed by atoms with E-state index in [2.05, 4.69) is 4.99 Å². The van der Waals surface area contributed by atoms with Crippen LogP contribution in [-0.4, -0.2) is 24.5 Å². The van der Waals surface area contributed by atoms with Crippen molar-refractivity contribution in [2.75, 3.05) is 13.2 Å². The highest BCUT2D eigenvalue weighted by atomic mass is 16.6. The summed E-state index contributed by atoms with van der Waals surface area (Å²) in [6.07, 6.45) is 1.69. The normalized spacial score (nSPS) is 15.1. The van der Waals surface area contributed by atoms with Crippen LogP contribution < -0.4 is 9.47 Å². The number of hydrogen-bond donors (Lipinski definition) is 1. The van der Waals surface area contributed by atoms with E-state index in [9.17, 15) is 5.11 Å². The fraction of sp³-hybridized carbons (Fsp3) is 0.235. The molecule has 0 aliphatic carbocycles.